The molecular formula is C8H9ClN2O3. The zero-order valence-corrected chi connectivity index (χ0v) is 8.45. The molecule has 1 aromatic rings. The number of halogens is 1. The molecule has 0 amide bonds. The molecule has 0 aliphatic heterocycles. The maximum atomic E-state index is 10.7. The van der Waals surface area contributed by atoms with Crippen LogP contribution in [0.25, 0.3) is 0 Å². The fraction of sp³-hybridized carbons (Fsp3) is 0.375. The Labute approximate surface area is 85.7 Å². The van der Waals surface area contributed by atoms with Gasteiger partial charge in [0.05, 0.1) is 6.10 Å². The van der Waals surface area contributed by atoms with Crippen molar-refractivity contribution in [3.8, 4) is 5.88 Å². The second kappa shape index (κ2) is 4.23. The monoisotopic (exact) mass is 216 g/mol. The molecule has 14 heavy (non-hydrogen) atoms. The minimum Gasteiger partial charge on any atom is -0.477 e. The van der Waals surface area contributed by atoms with Gasteiger partial charge in [0.15, 0.2) is 5.15 Å². The number of hydrogen-bond donors (Lipinski definition) is 1. The van der Waals surface area contributed by atoms with Crippen molar-refractivity contribution < 1.29 is 14.6 Å². The summed E-state index contributed by atoms with van der Waals surface area (Å²) >= 11 is 5.50. The van der Waals surface area contributed by atoms with Crippen LogP contribution < -0.4 is 4.74 Å². The highest BCUT2D eigenvalue weighted by atomic mass is 35.5. The Morgan fingerprint density at radius 1 is 1.57 bits per heavy atom. The molecule has 76 valence electrons. The van der Waals surface area contributed by atoms with E-state index in [0.29, 0.717) is 0 Å². The molecule has 0 aromatic carbocycles. The van der Waals surface area contributed by atoms with Gasteiger partial charge in [0.1, 0.15) is 5.56 Å². The Morgan fingerprint density at radius 3 is 2.71 bits per heavy atom. The van der Waals surface area contributed by atoms with Crippen LogP contribution in [0.1, 0.15) is 24.2 Å². The molecule has 1 heterocycles. The second-order valence-electron chi connectivity index (χ2n) is 2.86. The molecule has 1 aromatic heterocycles. The van der Waals surface area contributed by atoms with Crippen LogP contribution >= 0.6 is 11.6 Å². The number of rotatable bonds is 3. The lowest BCUT2D eigenvalue weighted by atomic mass is 10.3. The summed E-state index contributed by atoms with van der Waals surface area (Å²) in [4.78, 5) is 10.7. The fourth-order valence-corrected chi connectivity index (χ4v) is 0.967. The van der Waals surface area contributed by atoms with E-state index in [1.165, 1.54) is 6.07 Å². The molecule has 0 radical (unpaired) electrons. The molecule has 0 aliphatic carbocycles. The Morgan fingerprint density at radius 2 is 2.21 bits per heavy atom. The third-order valence-corrected chi connectivity index (χ3v) is 1.49. The number of ether oxygens (including phenoxy) is 1. The van der Waals surface area contributed by atoms with Gasteiger partial charge < -0.3 is 9.84 Å². The Balaban J connectivity index is 3.08. The van der Waals surface area contributed by atoms with E-state index in [2.05, 4.69) is 10.2 Å². The number of nitrogens with zero attached hydrogens (tertiary/aromatic N) is 2. The first kappa shape index (κ1) is 10.7. The van der Waals surface area contributed by atoms with Crippen LogP contribution in [-0.4, -0.2) is 27.4 Å². The van der Waals surface area contributed by atoms with Crippen molar-refractivity contribution in [2.45, 2.75) is 20.0 Å². The maximum Gasteiger partial charge on any atom is 0.341 e. The van der Waals surface area contributed by atoms with E-state index in [1.807, 2.05) is 0 Å². The van der Waals surface area contributed by atoms with E-state index in [0.717, 1.165) is 0 Å². The highest BCUT2D eigenvalue weighted by molar-refractivity contribution is 6.29. The van der Waals surface area contributed by atoms with E-state index in [-0.39, 0.29) is 22.7 Å². The van der Waals surface area contributed by atoms with Crippen LogP contribution in [0, 0.1) is 0 Å². The topological polar surface area (TPSA) is 72.3 Å². The molecule has 0 atom stereocenters. The van der Waals surface area contributed by atoms with Crippen molar-refractivity contribution in [1.82, 2.24) is 10.2 Å². The predicted molar refractivity (Wildman–Crippen MR) is 49.8 cm³/mol. The van der Waals surface area contributed by atoms with Gasteiger partial charge in [0.25, 0.3) is 0 Å². The van der Waals surface area contributed by atoms with E-state index in [1.54, 1.807) is 13.8 Å². The first-order valence-corrected chi connectivity index (χ1v) is 4.31. The number of carboxylic acid groups (broad SMARTS) is 1. The summed E-state index contributed by atoms with van der Waals surface area (Å²) in [5.41, 5.74) is -0.0845. The van der Waals surface area contributed by atoms with Gasteiger partial charge in [-0.3, -0.25) is 0 Å². The molecule has 0 spiro atoms. The zero-order chi connectivity index (χ0) is 10.7. The van der Waals surface area contributed by atoms with Gasteiger partial charge in [-0.25, -0.2) is 4.79 Å². The van der Waals surface area contributed by atoms with Crippen molar-refractivity contribution >= 4 is 17.6 Å². The van der Waals surface area contributed by atoms with Crippen LogP contribution in [0.15, 0.2) is 6.07 Å². The summed E-state index contributed by atoms with van der Waals surface area (Å²) in [5.74, 6) is -1.16. The summed E-state index contributed by atoms with van der Waals surface area (Å²) in [7, 11) is 0. The highest BCUT2D eigenvalue weighted by Gasteiger charge is 2.15. The molecule has 0 bridgehead atoms. The second-order valence-corrected chi connectivity index (χ2v) is 3.24. The molecule has 0 fully saturated rings. The highest BCUT2D eigenvalue weighted by Crippen LogP contribution is 2.18. The van der Waals surface area contributed by atoms with Gasteiger partial charge in [-0.05, 0) is 19.9 Å². The van der Waals surface area contributed by atoms with Crippen molar-refractivity contribution in [1.29, 1.82) is 0 Å². The van der Waals surface area contributed by atoms with E-state index in [9.17, 15) is 4.79 Å². The van der Waals surface area contributed by atoms with Gasteiger partial charge in [0.2, 0.25) is 5.88 Å². The Bertz CT molecular complexity index is 354. The largest absolute Gasteiger partial charge is 0.477 e. The number of carboxylic acids is 1. The SMILES string of the molecule is CC(C)Oc1nnc(Cl)cc1C(=O)O. The Kier molecular flexibility index (Phi) is 3.24. The number of aromatic nitrogens is 2. The van der Waals surface area contributed by atoms with Crippen LogP contribution in [-0.2, 0) is 0 Å². The summed E-state index contributed by atoms with van der Waals surface area (Å²) in [5, 5.41) is 15.9. The van der Waals surface area contributed by atoms with Gasteiger partial charge in [-0.2, -0.15) is 0 Å². The Hall–Kier alpha value is -1.36. The first-order chi connectivity index (χ1) is 6.50. The summed E-state index contributed by atoms with van der Waals surface area (Å²) in [6, 6.07) is 1.20. The van der Waals surface area contributed by atoms with Crippen molar-refractivity contribution in [2.24, 2.45) is 0 Å². The molecule has 0 unspecified atom stereocenters. The quantitative estimate of drug-likeness (QED) is 0.831. The van der Waals surface area contributed by atoms with Gasteiger partial charge >= 0.3 is 5.97 Å². The molecule has 0 saturated carbocycles. The third kappa shape index (κ3) is 2.56. The van der Waals surface area contributed by atoms with Crippen LogP contribution in [0.2, 0.25) is 5.15 Å². The molecule has 6 heteroatoms. The van der Waals surface area contributed by atoms with E-state index < -0.39 is 5.97 Å². The zero-order valence-electron chi connectivity index (χ0n) is 7.69. The van der Waals surface area contributed by atoms with Crippen LogP contribution in [0.4, 0.5) is 0 Å². The lowest BCUT2D eigenvalue weighted by molar-refractivity contribution is 0.0688. The molecular weight excluding hydrogens is 208 g/mol. The third-order valence-electron chi connectivity index (χ3n) is 1.31. The van der Waals surface area contributed by atoms with Crippen LogP contribution in [0.5, 0.6) is 5.88 Å². The molecule has 5 nitrogen and oxygen atoms in total. The van der Waals surface area contributed by atoms with Gasteiger partial charge in [-0.1, -0.05) is 11.6 Å². The molecule has 1 N–H and O–H groups in total. The lowest BCUT2D eigenvalue weighted by Gasteiger charge is -2.09. The van der Waals surface area contributed by atoms with E-state index in [4.69, 9.17) is 21.4 Å². The van der Waals surface area contributed by atoms with Crippen molar-refractivity contribution in [3.63, 3.8) is 0 Å². The van der Waals surface area contributed by atoms with Gasteiger partial charge in [-0.15, -0.1) is 10.2 Å². The molecule has 0 saturated heterocycles. The summed E-state index contributed by atoms with van der Waals surface area (Å²) in [6.07, 6.45) is -0.163. The first-order valence-electron chi connectivity index (χ1n) is 3.94. The fourth-order valence-electron chi connectivity index (χ4n) is 0.820. The van der Waals surface area contributed by atoms with Crippen molar-refractivity contribution in [3.05, 3.63) is 16.8 Å². The van der Waals surface area contributed by atoms with E-state index >= 15 is 0 Å². The number of carbonyl (C=O) groups is 1. The number of hydrogen-bond acceptors (Lipinski definition) is 4. The predicted octanol–water partition coefficient (Wildman–Crippen LogP) is 1.62. The van der Waals surface area contributed by atoms with Crippen LogP contribution in [0.3, 0.4) is 0 Å². The van der Waals surface area contributed by atoms with Gasteiger partial charge in [0, 0.05) is 0 Å². The average molecular weight is 217 g/mol. The average Bonchev–Trinajstić information content (AvgIpc) is 2.07. The number of aromatic carboxylic acids is 1. The van der Waals surface area contributed by atoms with Crippen molar-refractivity contribution in [2.75, 3.05) is 0 Å². The lowest BCUT2D eigenvalue weighted by Crippen LogP contribution is -2.12. The minimum atomic E-state index is -1.14. The standard InChI is InChI=1S/C8H9ClN2O3/c1-4(2)14-7-5(8(12)13)3-6(9)10-11-7/h3-4H,1-2H3,(H,12,13). The maximum absolute atomic E-state index is 10.7. The normalized spacial score (nSPS) is 10.3. The minimum absolute atomic E-state index is 0.0168. The summed E-state index contributed by atoms with van der Waals surface area (Å²) in [6.45, 7) is 3.53. The molecule has 1 rings (SSSR count). The summed E-state index contributed by atoms with van der Waals surface area (Å²) < 4.78 is 5.15. The smallest absolute Gasteiger partial charge is 0.341 e. The molecule has 0 aliphatic rings.